The molecule has 1 aromatic heterocycles. The molecule has 2 bridgehead atoms. The van der Waals surface area contributed by atoms with Crippen LogP contribution in [0, 0.1) is 12.7 Å². The maximum Gasteiger partial charge on any atom is 0.277 e. The van der Waals surface area contributed by atoms with Gasteiger partial charge < -0.3 is 15.3 Å². The number of carbonyl (C=O) groups excluding carboxylic acids is 2. The molecule has 2 N–H and O–H groups in total. The number of hydrogen-bond donors (Lipinski definition) is 2. The highest BCUT2D eigenvalue weighted by molar-refractivity contribution is 5.99. The van der Waals surface area contributed by atoms with Crippen LogP contribution in [0.2, 0.25) is 0 Å². The second-order valence-corrected chi connectivity index (χ2v) is 8.19. The summed E-state index contributed by atoms with van der Waals surface area (Å²) >= 11 is 0. The predicted molar refractivity (Wildman–Crippen MR) is 112 cm³/mol. The van der Waals surface area contributed by atoms with Gasteiger partial charge >= 0.3 is 0 Å². The normalized spacial score (nSPS) is 18.3. The van der Waals surface area contributed by atoms with E-state index in [9.17, 15) is 23.9 Å². The second kappa shape index (κ2) is 8.05. The van der Waals surface area contributed by atoms with Gasteiger partial charge in [-0.1, -0.05) is 12.1 Å². The molecule has 0 unspecified atom stereocenters. The zero-order valence-corrected chi connectivity index (χ0v) is 17.5. The maximum atomic E-state index is 14.1. The maximum absolute atomic E-state index is 14.1. The molecular weight excluding hydrogens is 403 g/mol. The molecule has 0 aliphatic carbocycles. The molecule has 0 spiro atoms. The molecule has 2 aliphatic heterocycles. The zero-order chi connectivity index (χ0) is 22.3. The average Bonchev–Trinajstić information content (AvgIpc) is 2.72. The van der Waals surface area contributed by atoms with Crippen LogP contribution >= 0.6 is 0 Å². The van der Waals surface area contributed by atoms with Gasteiger partial charge in [-0.2, -0.15) is 0 Å². The van der Waals surface area contributed by atoms with Crippen molar-refractivity contribution < 1.29 is 19.1 Å². The number of rotatable bonds is 3. The van der Waals surface area contributed by atoms with Crippen LogP contribution in [0.3, 0.4) is 0 Å². The minimum Gasteiger partial charge on any atom is -0.502 e. The summed E-state index contributed by atoms with van der Waals surface area (Å²) in [6.45, 7) is 4.50. The second-order valence-electron chi connectivity index (χ2n) is 8.19. The number of benzene rings is 1. The first kappa shape index (κ1) is 20.9. The first-order valence-electron chi connectivity index (χ1n) is 10.4. The summed E-state index contributed by atoms with van der Waals surface area (Å²) in [5, 5.41) is 15.0. The number of hydrogen-bond acceptors (Lipinski definition) is 5. The Morgan fingerprint density at radius 2 is 2.06 bits per heavy atom. The summed E-state index contributed by atoms with van der Waals surface area (Å²) in [5.41, 5.74) is -0.320. The van der Waals surface area contributed by atoms with Crippen molar-refractivity contribution >= 4 is 11.8 Å². The van der Waals surface area contributed by atoms with Crippen molar-refractivity contribution in [3.05, 3.63) is 62.8 Å². The SMILES string of the molecule is Cc1ccc(CNC(=O)c2cn3c(c(O)c2=O)C(=O)N2CCCC[C@@H](C)N3C2)c(F)c1. The molecule has 9 heteroatoms. The smallest absolute Gasteiger partial charge is 0.277 e. The number of carbonyl (C=O) groups is 2. The lowest BCUT2D eigenvalue weighted by atomic mass is 10.1. The molecule has 0 saturated carbocycles. The van der Waals surface area contributed by atoms with E-state index in [0.29, 0.717) is 13.2 Å². The van der Waals surface area contributed by atoms with Gasteiger partial charge in [0.25, 0.3) is 11.8 Å². The standard InChI is InChI=1S/C22H25FN4O4/c1-13-6-7-15(17(23)9-13)10-24-21(30)16-11-26-18(20(29)19(16)28)22(31)25-8-4-3-5-14(2)27(26)12-25/h6-7,9,11,14,29H,3-5,8,10,12H2,1-2H3,(H,24,30)/t14-/m1/s1. The minimum absolute atomic E-state index is 0.0362. The van der Waals surface area contributed by atoms with Gasteiger partial charge in [-0.15, -0.1) is 0 Å². The van der Waals surface area contributed by atoms with Crippen LogP contribution in [0.4, 0.5) is 4.39 Å². The third-order valence-electron chi connectivity index (χ3n) is 5.95. The van der Waals surface area contributed by atoms with E-state index in [1.165, 1.54) is 16.9 Å². The van der Waals surface area contributed by atoms with Crippen LogP contribution in [0.15, 0.2) is 29.2 Å². The molecule has 3 heterocycles. The number of nitrogens with zero attached hydrogens (tertiary/aromatic N) is 3. The van der Waals surface area contributed by atoms with Gasteiger partial charge in [-0.3, -0.25) is 24.1 Å². The van der Waals surface area contributed by atoms with Gasteiger partial charge in [0.1, 0.15) is 18.0 Å². The van der Waals surface area contributed by atoms with Gasteiger partial charge in [0.2, 0.25) is 5.43 Å². The lowest BCUT2D eigenvalue weighted by Crippen LogP contribution is -2.58. The van der Waals surface area contributed by atoms with Gasteiger partial charge in [0.15, 0.2) is 11.4 Å². The molecule has 4 rings (SSSR count). The fourth-order valence-corrected chi connectivity index (χ4v) is 4.09. The Hall–Kier alpha value is -3.36. The summed E-state index contributed by atoms with van der Waals surface area (Å²) in [4.78, 5) is 39.9. The molecule has 1 saturated heterocycles. The number of pyridine rings is 1. The number of nitrogens with one attached hydrogen (secondary N) is 1. The van der Waals surface area contributed by atoms with Gasteiger partial charge in [-0.05, 0) is 44.7 Å². The highest BCUT2D eigenvalue weighted by Crippen LogP contribution is 2.25. The van der Waals surface area contributed by atoms with E-state index < -0.39 is 28.8 Å². The van der Waals surface area contributed by atoms with E-state index >= 15 is 0 Å². The highest BCUT2D eigenvalue weighted by atomic mass is 19.1. The van der Waals surface area contributed by atoms with Gasteiger partial charge in [0, 0.05) is 30.9 Å². The first-order chi connectivity index (χ1) is 14.8. The van der Waals surface area contributed by atoms with Crippen molar-refractivity contribution in [2.75, 3.05) is 18.2 Å². The van der Waals surface area contributed by atoms with Crippen molar-refractivity contribution in [3.63, 3.8) is 0 Å². The van der Waals surface area contributed by atoms with Crippen molar-refractivity contribution in [2.24, 2.45) is 0 Å². The topological polar surface area (TPSA) is 94.9 Å². The van der Waals surface area contributed by atoms with Crippen molar-refractivity contribution in [3.8, 4) is 5.75 Å². The predicted octanol–water partition coefficient (Wildman–Crippen LogP) is 1.86. The fourth-order valence-electron chi connectivity index (χ4n) is 4.09. The van der Waals surface area contributed by atoms with E-state index in [2.05, 4.69) is 5.32 Å². The summed E-state index contributed by atoms with van der Waals surface area (Å²) < 4.78 is 15.5. The van der Waals surface area contributed by atoms with Crippen molar-refractivity contribution in [2.45, 2.75) is 45.7 Å². The Morgan fingerprint density at radius 3 is 2.81 bits per heavy atom. The van der Waals surface area contributed by atoms with Crippen molar-refractivity contribution in [1.29, 1.82) is 0 Å². The molecule has 2 aliphatic rings. The monoisotopic (exact) mass is 428 g/mol. The molecule has 1 atom stereocenters. The summed E-state index contributed by atoms with van der Waals surface area (Å²) in [6.07, 6.45) is 3.97. The summed E-state index contributed by atoms with van der Waals surface area (Å²) in [5.74, 6) is -2.38. The third kappa shape index (κ3) is 3.75. The Kier molecular flexibility index (Phi) is 5.43. The van der Waals surface area contributed by atoms with E-state index in [0.717, 1.165) is 24.8 Å². The van der Waals surface area contributed by atoms with Gasteiger partial charge in [0.05, 0.1) is 0 Å². The lowest BCUT2D eigenvalue weighted by Gasteiger charge is -2.44. The van der Waals surface area contributed by atoms with Crippen LogP contribution in [0.1, 0.15) is 58.2 Å². The Morgan fingerprint density at radius 1 is 1.29 bits per heavy atom. The number of amides is 2. The molecule has 8 nitrogen and oxygen atoms in total. The third-order valence-corrected chi connectivity index (χ3v) is 5.95. The van der Waals surface area contributed by atoms with E-state index in [1.807, 2.05) is 11.9 Å². The molecule has 1 fully saturated rings. The lowest BCUT2D eigenvalue weighted by molar-refractivity contribution is 0.0656. The van der Waals surface area contributed by atoms with E-state index in [4.69, 9.17) is 0 Å². The highest BCUT2D eigenvalue weighted by Gasteiger charge is 2.36. The van der Waals surface area contributed by atoms with Crippen LogP contribution in [0.25, 0.3) is 0 Å². The Labute approximate surface area is 178 Å². The number of aryl methyl sites for hydroxylation is 1. The molecule has 31 heavy (non-hydrogen) atoms. The Balaban J connectivity index is 1.68. The van der Waals surface area contributed by atoms with E-state index in [-0.39, 0.29) is 29.4 Å². The average molecular weight is 428 g/mol. The van der Waals surface area contributed by atoms with E-state index in [1.54, 1.807) is 24.0 Å². The number of fused-ring (bicyclic) bond motifs is 4. The summed E-state index contributed by atoms with van der Waals surface area (Å²) in [7, 11) is 0. The minimum atomic E-state index is -0.923. The first-order valence-corrected chi connectivity index (χ1v) is 10.4. The molecule has 2 amide bonds. The molecule has 164 valence electrons. The van der Waals surface area contributed by atoms with Crippen LogP contribution in [-0.2, 0) is 6.54 Å². The largest absolute Gasteiger partial charge is 0.502 e. The van der Waals surface area contributed by atoms with Crippen molar-refractivity contribution in [1.82, 2.24) is 14.9 Å². The molecular formula is C22H25FN4O4. The van der Waals surface area contributed by atoms with Crippen LogP contribution in [-0.4, -0.2) is 45.8 Å². The molecule has 1 aromatic carbocycles. The van der Waals surface area contributed by atoms with Crippen LogP contribution < -0.4 is 15.8 Å². The van der Waals surface area contributed by atoms with Crippen LogP contribution in [0.5, 0.6) is 5.75 Å². The number of halogens is 1. The number of aromatic hydroxyl groups is 1. The molecule has 2 aromatic rings. The van der Waals surface area contributed by atoms with Gasteiger partial charge in [-0.25, -0.2) is 4.39 Å². The quantitative estimate of drug-likeness (QED) is 0.778. The Bertz CT molecular complexity index is 1110. The number of aromatic nitrogens is 1. The molecule has 0 radical (unpaired) electrons. The summed E-state index contributed by atoms with van der Waals surface area (Å²) in [6, 6.07) is 4.69. The zero-order valence-electron chi connectivity index (χ0n) is 17.5. The fraction of sp³-hybridized carbons (Fsp3) is 0.409.